The topological polar surface area (TPSA) is 55.4 Å². The number of thiol groups is 1. The van der Waals surface area contributed by atoms with E-state index >= 15 is 0 Å². The van der Waals surface area contributed by atoms with Crippen molar-refractivity contribution in [1.29, 1.82) is 0 Å². The molecule has 2 aromatic rings. The van der Waals surface area contributed by atoms with E-state index in [2.05, 4.69) is 4.72 Å². The second-order valence-corrected chi connectivity index (χ2v) is 7.37. The highest BCUT2D eigenvalue weighted by atomic mass is 32.2. The van der Waals surface area contributed by atoms with Crippen LogP contribution in [0.25, 0.3) is 5.57 Å². The van der Waals surface area contributed by atoms with E-state index in [9.17, 15) is 12.8 Å². The Kier molecular flexibility index (Phi) is 4.67. The van der Waals surface area contributed by atoms with Gasteiger partial charge in [0.1, 0.15) is 17.2 Å². The largest absolute Gasteiger partial charge is 0.483 e. The van der Waals surface area contributed by atoms with Gasteiger partial charge in [0.15, 0.2) is 0 Å². The molecule has 0 unspecified atom stereocenters. The maximum Gasteiger partial charge on any atom is 0.201 e. The fraction of sp³-hybridized carbons (Fsp3) is 0.263. The van der Waals surface area contributed by atoms with Crippen molar-refractivity contribution in [2.24, 2.45) is 0 Å². The molecule has 0 spiro atoms. The van der Waals surface area contributed by atoms with Crippen LogP contribution in [-0.4, -0.2) is 14.0 Å². The first kappa shape index (κ1) is 17.6. The lowest BCUT2D eigenvalue weighted by atomic mass is 9.83. The van der Waals surface area contributed by atoms with E-state index in [-0.39, 0.29) is 12.4 Å². The Morgan fingerprint density at radius 1 is 1.12 bits per heavy atom. The molecule has 1 aliphatic rings. The minimum Gasteiger partial charge on any atom is -0.483 e. The zero-order valence-electron chi connectivity index (χ0n) is 14.3. The molecule has 0 fully saturated rings. The number of hydrogen-bond donors (Lipinski definition) is 2. The van der Waals surface area contributed by atoms with Gasteiger partial charge in [0.2, 0.25) is 10.9 Å². The fourth-order valence-electron chi connectivity index (χ4n) is 2.97. The van der Waals surface area contributed by atoms with E-state index in [1.165, 1.54) is 12.1 Å². The highest BCUT2D eigenvalue weighted by Crippen LogP contribution is 2.43. The van der Waals surface area contributed by atoms with Crippen LogP contribution >= 0.6 is 0 Å². The van der Waals surface area contributed by atoms with Crippen molar-refractivity contribution in [3.05, 3.63) is 70.5 Å². The second kappa shape index (κ2) is 6.61. The lowest BCUT2D eigenvalue weighted by Crippen LogP contribution is -2.33. The molecule has 0 bridgehead atoms. The van der Waals surface area contributed by atoms with Crippen LogP contribution in [0.15, 0.2) is 48.0 Å². The van der Waals surface area contributed by atoms with Crippen molar-refractivity contribution < 1.29 is 17.5 Å². The lowest BCUT2D eigenvalue weighted by Gasteiger charge is -2.36. The van der Waals surface area contributed by atoms with Gasteiger partial charge in [-0.15, -0.1) is 0 Å². The molecule has 1 heterocycles. The first-order valence-corrected chi connectivity index (χ1v) is 9.13. The van der Waals surface area contributed by atoms with Crippen LogP contribution in [0, 0.1) is 5.82 Å². The Labute approximate surface area is 148 Å². The SMILES string of the molecule is CC1=C(c2ccc(F)cc2)c2ccc(CN[SH](=O)=O)cc2OC1(C)C. The van der Waals surface area contributed by atoms with Crippen molar-refractivity contribution in [1.82, 2.24) is 4.72 Å². The third-order valence-corrected chi connectivity index (χ3v) is 4.92. The van der Waals surface area contributed by atoms with E-state index in [4.69, 9.17) is 4.74 Å². The maximum absolute atomic E-state index is 13.3. The van der Waals surface area contributed by atoms with E-state index in [1.54, 1.807) is 12.1 Å². The average molecular weight is 361 g/mol. The van der Waals surface area contributed by atoms with Crippen LogP contribution in [0.3, 0.4) is 0 Å². The van der Waals surface area contributed by atoms with Crippen LogP contribution < -0.4 is 9.46 Å². The Morgan fingerprint density at radius 2 is 1.80 bits per heavy atom. The normalized spacial score (nSPS) is 15.9. The fourth-order valence-corrected chi connectivity index (χ4v) is 3.28. The molecular weight excluding hydrogens is 341 g/mol. The van der Waals surface area contributed by atoms with Crippen molar-refractivity contribution in [3.8, 4) is 5.75 Å². The van der Waals surface area contributed by atoms with E-state index in [0.717, 1.165) is 27.8 Å². The molecule has 132 valence electrons. The molecule has 1 N–H and O–H groups in total. The minimum absolute atomic E-state index is 0.213. The zero-order chi connectivity index (χ0) is 18.2. The first-order chi connectivity index (χ1) is 11.8. The predicted molar refractivity (Wildman–Crippen MR) is 96.4 cm³/mol. The summed E-state index contributed by atoms with van der Waals surface area (Å²) in [5.41, 5.74) is 4.20. The molecular formula is C19H20FNO3S. The van der Waals surface area contributed by atoms with Gasteiger partial charge < -0.3 is 4.74 Å². The van der Waals surface area contributed by atoms with Crippen LogP contribution in [0.2, 0.25) is 0 Å². The number of rotatable bonds is 4. The van der Waals surface area contributed by atoms with Gasteiger partial charge >= 0.3 is 0 Å². The molecule has 0 saturated heterocycles. The molecule has 0 atom stereocenters. The summed E-state index contributed by atoms with van der Waals surface area (Å²) >= 11 is 0. The first-order valence-electron chi connectivity index (χ1n) is 7.95. The average Bonchev–Trinajstić information content (AvgIpc) is 2.55. The number of fused-ring (bicyclic) bond motifs is 1. The van der Waals surface area contributed by atoms with E-state index in [1.807, 2.05) is 39.0 Å². The van der Waals surface area contributed by atoms with Gasteiger partial charge in [-0.05, 0) is 61.2 Å². The highest BCUT2D eigenvalue weighted by molar-refractivity contribution is 7.70. The molecule has 0 aromatic heterocycles. The minimum atomic E-state index is -2.65. The quantitative estimate of drug-likeness (QED) is 0.821. The van der Waals surface area contributed by atoms with Crippen LogP contribution in [0.1, 0.15) is 37.5 Å². The third kappa shape index (κ3) is 3.60. The number of benzene rings is 2. The molecule has 3 rings (SSSR count). The molecule has 4 nitrogen and oxygen atoms in total. The van der Waals surface area contributed by atoms with E-state index < -0.39 is 16.5 Å². The smallest absolute Gasteiger partial charge is 0.201 e. The molecule has 25 heavy (non-hydrogen) atoms. The van der Waals surface area contributed by atoms with Gasteiger partial charge in [-0.2, -0.15) is 0 Å². The van der Waals surface area contributed by atoms with Gasteiger partial charge in [0.25, 0.3) is 0 Å². The molecule has 0 radical (unpaired) electrons. The van der Waals surface area contributed by atoms with Crippen molar-refractivity contribution in [2.75, 3.05) is 0 Å². The Bertz CT molecular complexity index is 907. The van der Waals surface area contributed by atoms with Gasteiger partial charge in [0.05, 0.1) is 0 Å². The molecule has 0 aliphatic carbocycles. The highest BCUT2D eigenvalue weighted by Gasteiger charge is 2.32. The summed E-state index contributed by atoms with van der Waals surface area (Å²) in [5, 5.41) is 0. The maximum atomic E-state index is 13.3. The van der Waals surface area contributed by atoms with Gasteiger partial charge in [-0.25, -0.2) is 17.5 Å². The summed E-state index contributed by atoms with van der Waals surface area (Å²) < 4.78 is 43.3. The summed E-state index contributed by atoms with van der Waals surface area (Å²) in [6.45, 7) is 6.19. The number of halogens is 1. The number of nitrogens with one attached hydrogen (secondary N) is 1. The number of ether oxygens (including phenoxy) is 1. The summed E-state index contributed by atoms with van der Waals surface area (Å²) in [7, 11) is -2.65. The van der Waals surface area contributed by atoms with Crippen molar-refractivity contribution >= 4 is 16.5 Å². The summed E-state index contributed by atoms with van der Waals surface area (Å²) in [6.07, 6.45) is 0. The van der Waals surface area contributed by atoms with Crippen LogP contribution in [0.4, 0.5) is 4.39 Å². The monoisotopic (exact) mass is 361 g/mol. The molecule has 0 amide bonds. The summed E-state index contributed by atoms with van der Waals surface area (Å²) in [6, 6.07) is 12.0. The zero-order valence-corrected chi connectivity index (χ0v) is 15.2. The third-order valence-electron chi connectivity index (χ3n) is 4.50. The standard InChI is InChI=1S/C19H20FNO3S/c1-12-18(14-5-7-15(20)8-6-14)16-9-4-13(11-21-25(22)23)10-17(16)24-19(12,2)3/h4-10,25H,11H2,1-3H3,(H,21,22,23). The summed E-state index contributed by atoms with van der Waals surface area (Å²) in [5.74, 6) is 0.414. The Hall–Kier alpha value is -2.18. The predicted octanol–water partition coefficient (Wildman–Crippen LogP) is 3.43. The van der Waals surface area contributed by atoms with E-state index in [0.29, 0.717) is 5.75 Å². The molecule has 1 aliphatic heterocycles. The van der Waals surface area contributed by atoms with Crippen LogP contribution in [0.5, 0.6) is 5.75 Å². The lowest BCUT2D eigenvalue weighted by molar-refractivity contribution is 0.144. The van der Waals surface area contributed by atoms with Gasteiger partial charge in [-0.1, -0.05) is 24.3 Å². The molecule has 6 heteroatoms. The van der Waals surface area contributed by atoms with Gasteiger partial charge in [-0.3, -0.25) is 0 Å². The Morgan fingerprint density at radius 3 is 2.44 bits per heavy atom. The number of hydrogen-bond acceptors (Lipinski definition) is 3. The summed E-state index contributed by atoms with van der Waals surface area (Å²) in [4.78, 5) is 0. The van der Waals surface area contributed by atoms with Gasteiger partial charge in [0, 0.05) is 12.1 Å². The van der Waals surface area contributed by atoms with Crippen LogP contribution in [-0.2, 0) is 17.4 Å². The Balaban J connectivity index is 2.10. The molecule has 0 saturated carbocycles. The second-order valence-electron chi connectivity index (χ2n) is 6.54. The molecule has 2 aromatic carbocycles. The van der Waals surface area contributed by atoms with Crippen molar-refractivity contribution in [2.45, 2.75) is 32.9 Å². The van der Waals surface area contributed by atoms with Crippen molar-refractivity contribution in [3.63, 3.8) is 0 Å².